The van der Waals surface area contributed by atoms with Gasteiger partial charge in [0.05, 0.1) is 12.1 Å². The summed E-state index contributed by atoms with van der Waals surface area (Å²) in [7, 11) is 0. The van der Waals surface area contributed by atoms with Gasteiger partial charge in [0.1, 0.15) is 5.82 Å². The van der Waals surface area contributed by atoms with Crippen molar-refractivity contribution in [2.75, 3.05) is 12.3 Å². The molecule has 1 saturated carbocycles. The van der Waals surface area contributed by atoms with E-state index in [1.807, 2.05) is 6.92 Å². The Hall–Kier alpha value is -2.02. The highest BCUT2D eigenvalue weighted by atomic mass is 19.1. The zero-order valence-electron chi connectivity index (χ0n) is 12.1. The largest absolute Gasteiger partial charge is 0.398 e. The average Bonchev–Trinajstić information content (AvgIpc) is 2.88. The number of nitrogen functional groups attached to an aromatic ring is 1. The van der Waals surface area contributed by atoms with Crippen molar-refractivity contribution in [2.45, 2.75) is 38.8 Å². The van der Waals surface area contributed by atoms with Gasteiger partial charge < -0.3 is 10.5 Å². The first-order chi connectivity index (χ1) is 10.1. The lowest BCUT2D eigenvalue weighted by atomic mass is 9.89. The van der Waals surface area contributed by atoms with E-state index in [0.717, 1.165) is 12.8 Å². The normalized spacial score (nSPS) is 21.3. The summed E-state index contributed by atoms with van der Waals surface area (Å²) < 4.78 is 21.1. The van der Waals surface area contributed by atoms with Gasteiger partial charge in [-0.3, -0.25) is 0 Å². The minimum Gasteiger partial charge on any atom is -0.398 e. The van der Waals surface area contributed by atoms with Gasteiger partial charge in [-0.05, 0) is 49.2 Å². The van der Waals surface area contributed by atoms with Crippen LogP contribution < -0.4 is 5.73 Å². The van der Waals surface area contributed by atoms with E-state index in [1.165, 1.54) is 6.07 Å². The maximum Gasteiger partial charge on any atom is 0.182 e. The van der Waals surface area contributed by atoms with E-state index in [2.05, 4.69) is 15.5 Å². The van der Waals surface area contributed by atoms with Crippen molar-refractivity contribution in [3.05, 3.63) is 23.5 Å². The molecule has 0 spiro atoms. The van der Waals surface area contributed by atoms with E-state index in [9.17, 15) is 4.39 Å². The number of hydrogen-bond donors (Lipinski definition) is 1. The van der Waals surface area contributed by atoms with Crippen molar-refractivity contribution in [2.24, 2.45) is 0 Å². The molecule has 1 aliphatic rings. The second-order valence-electron chi connectivity index (χ2n) is 5.32. The Morgan fingerprint density at radius 2 is 2.19 bits per heavy atom. The molecule has 1 aromatic heterocycles. The Labute approximate surface area is 122 Å². The predicted octanol–water partition coefficient (Wildman–Crippen LogP) is 2.11. The molecule has 1 aromatic carbocycles. The second-order valence-corrected chi connectivity index (χ2v) is 5.32. The Morgan fingerprint density at radius 1 is 1.43 bits per heavy atom. The maximum absolute atomic E-state index is 13.8. The van der Waals surface area contributed by atoms with Crippen LogP contribution in [0.15, 0.2) is 12.1 Å². The molecule has 0 radical (unpaired) electrons. The van der Waals surface area contributed by atoms with Gasteiger partial charge in [0.15, 0.2) is 5.82 Å². The number of benzene rings is 1. The molecule has 0 bridgehead atoms. The van der Waals surface area contributed by atoms with E-state index in [1.54, 1.807) is 17.7 Å². The van der Waals surface area contributed by atoms with Crippen LogP contribution in [0.1, 0.15) is 31.4 Å². The number of anilines is 1. The minimum atomic E-state index is -0.347. The molecule has 3 rings (SSSR count). The fourth-order valence-electron chi connectivity index (χ4n) is 2.57. The van der Waals surface area contributed by atoms with Crippen LogP contribution >= 0.6 is 0 Å². The van der Waals surface area contributed by atoms with E-state index >= 15 is 0 Å². The van der Waals surface area contributed by atoms with Gasteiger partial charge in [-0.1, -0.05) is 0 Å². The highest BCUT2D eigenvalue weighted by Gasteiger charge is 2.33. The summed E-state index contributed by atoms with van der Waals surface area (Å²) in [5.74, 6) is 0.195. The van der Waals surface area contributed by atoms with Crippen LogP contribution in [0.5, 0.6) is 0 Å². The number of nitrogens with two attached hydrogens (primary N) is 1. The number of ether oxygens (including phenoxy) is 1. The third kappa shape index (κ3) is 2.49. The standard InChI is InChI=1S/C14H18FN5O/c1-3-21-11-6-10(7-11)20-14(17-18-19-20)9-4-12(15)8(2)13(16)5-9/h4-5,10-11H,3,6-7,16H2,1-2H3. The van der Waals surface area contributed by atoms with Crippen LogP contribution in [0.2, 0.25) is 0 Å². The maximum atomic E-state index is 13.8. The molecule has 6 nitrogen and oxygen atoms in total. The summed E-state index contributed by atoms with van der Waals surface area (Å²) in [5.41, 5.74) is 7.27. The molecule has 2 aromatic rings. The molecule has 21 heavy (non-hydrogen) atoms. The molecule has 1 heterocycles. The molecule has 1 fully saturated rings. The molecule has 112 valence electrons. The third-order valence-electron chi connectivity index (χ3n) is 3.95. The molecule has 0 amide bonds. The Morgan fingerprint density at radius 3 is 2.86 bits per heavy atom. The first-order valence-corrected chi connectivity index (χ1v) is 7.05. The predicted molar refractivity (Wildman–Crippen MR) is 76.0 cm³/mol. The molecule has 0 atom stereocenters. The second kappa shape index (κ2) is 5.40. The van der Waals surface area contributed by atoms with Crippen LogP contribution in [-0.2, 0) is 4.74 Å². The highest BCUT2D eigenvalue weighted by molar-refractivity contribution is 5.64. The molecular formula is C14H18FN5O. The molecular weight excluding hydrogens is 273 g/mol. The zero-order valence-corrected chi connectivity index (χ0v) is 12.1. The number of tetrazole rings is 1. The smallest absolute Gasteiger partial charge is 0.182 e. The lowest BCUT2D eigenvalue weighted by molar-refractivity contribution is -0.0227. The van der Waals surface area contributed by atoms with E-state index in [0.29, 0.717) is 29.2 Å². The number of hydrogen-bond acceptors (Lipinski definition) is 5. The zero-order chi connectivity index (χ0) is 15.0. The molecule has 1 aliphatic carbocycles. The summed E-state index contributed by atoms with van der Waals surface area (Å²) in [6.07, 6.45) is 2.00. The minimum absolute atomic E-state index is 0.192. The van der Waals surface area contributed by atoms with Crippen LogP contribution in [0, 0.1) is 12.7 Å². The summed E-state index contributed by atoms with van der Waals surface area (Å²) in [6.45, 7) is 4.34. The van der Waals surface area contributed by atoms with Crippen LogP contribution in [0.4, 0.5) is 10.1 Å². The van der Waals surface area contributed by atoms with Crippen LogP contribution in [0.3, 0.4) is 0 Å². The SMILES string of the molecule is CCOC1CC(n2nnnc2-c2cc(N)c(C)c(F)c2)C1. The Bertz CT molecular complexity index is 628. The first kappa shape index (κ1) is 13.9. The van der Waals surface area contributed by atoms with Gasteiger partial charge in [0, 0.05) is 23.4 Å². The molecule has 0 aliphatic heterocycles. The number of rotatable bonds is 4. The van der Waals surface area contributed by atoms with E-state index in [4.69, 9.17) is 10.5 Å². The van der Waals surface area contributed by atoms with Crippen molar-refractivity contribution in [3.63, 3.8) is 0 Å². The van der Waals surface area contributed by atoms with Crippen LogP contribution in [-0.4, -0.2) is 32.9 Å². The van der Waals surface area contributed by atoms with Gasteiger partial charge in [0.25, 0.3) is 0 Å². The average molecular weight is 291 g/mol. The van der Waals surface area contributed by atoms with Crippen molar-refractivity contribution in [1.29, 1.82) is 0 Å². The van der Waals surface area contributed by atoms with Crippen molar-refractivity contribution in [3.8, 4) is 11.4 Å². The van der Waals surface area contributed by atoms with Gasteiger partial charge >= 0.3 is 0 Å². The van der Waals surface area contributed by atoms with E-state index < -0.39 is 0 Å². The summed E-state index contributed by atoms with van der Waals surface area (Å²) in [6, 6.07) is 3.32. The monoisotopic (exact) mass is 291 g/mol. The lowest BCUT2D eigenvalue weighted by Crippen LogP contribution is -2.34. The Kier molecular flexibility index (Phi) is 3.59. The summed E-state index contributed by atoms with van der Waals surface area (Å²) in [5, 5.41) is 11.8. The van der Waals surface area contributed by atoms with Crippen LogP contribution in [0.25, 0.3) is 11.4 Å². The van der Waals surface area contributed by atoms with Crippen molar-refractivity contribution >= 4 is 5.69 Å². The first-order valence-electron chi connectivity index (χ1n) is 7.05. The van der Waals surface area contributed by atoms with Gasteiger partial charge in [0.2, 0.25) is 0 Å². The molecule has 2 N–H and O–H groups in total. The number of halogens is 1. The number of nitrogens with zero attached hydrogens (tertiary/aromatic N) is 4. The molecule has 7 heteroatoms. The fraction of sp³-hybridized carbons (Fsp3) is 0.500. The van der Waals surface area contributed by atoms with Gasteiger partial charge in [-0.15, -0.1) is 5.10 Å². The Balaban J connectivity index is 1.87. The van der Waals surface area contributed by atoms with Gasteiger partial charge in [-0.25, -0.2) is 9.07 Å². The van der Waals surface area contributed by atoms with Gasteiger partial charge in [-0.2, -0.15) is 0 Å². The highest BCUT2D eigenvalue weighted by Crippen LogP contribution is 2.36. The lowest BCUT2D eigenvalue weighted by Gasteiger charge is -2.34. The van der Waals surface area contributed by atoms with Crippen molar-refractivity contribution < 1.29 is 9.13 Å². The molecule has 0 saturated heterocycles. The quantitative estimate of drug-likeness (QED) is 0.873. The topological polar surface area (TPSA) is 78.8 Å². The van der Waals surface area contributed by atoms with E-state index in [-0.39, 0.29) is 18.0 Å². The fourth-order valence-corrected chi connectivity index (χ4v) is 2.57. The summed E-state index contributed by atoms with van der Waals surface area (Å²) in [4.78, 5) is 0. The van der Waals surface area contributed by atoms with Crippen molar-refractivity contribution in [1.82, 2.24) is 20.2 Å². The third-order valence-corrected chi connectivity index (χ3v) is 3.95. The number of aromatic nitrogens is 4. The molecule has 0 unspecified atom stereocenters. The summed E-state index contributed by atoms with van der Waals surface area (Å²) >= 11 is 0.